The highest BCUT2D eigenvalue weighted by Crippen LogP contribution is 2.28. The first kappa shape index (κ1) is 13.8. The molecule has 0 radical (unpaired) electrons. The molecule has 3 rings (SSSR count). The lowest BCUT2D eigenvalue weighted by molar-refractivity contribution is -0.131. The first-order chi connectivity index (χ1) is 10.6. The van der Waals surface area contributed by atoms with Crippen LogP contribution in [0.2, 0.25) is 0 Å². The molecule has 1 heterocycles. The first-order valence-electron chi connectivity index (χ1n) is 6.57. The molecule has 0 spiro atoms. The minimum Gasteiger partial charge on any atom is -0.478 e. The number of carbonyl (C=O) groups excluding carboxylic acids is 2. The number of carboxylic acid groups (broad SMARTS) is 1. The predicted molar refractivity (Wildman–Crippen MR) is 80.7 cm³/mol. The van der Waals surface area contributed by atoms with E-state index in [9.17, 15) is 14.4 Å². The summed E-state index contributed by atoms with van der Waals surface area (Å²) >= 11 is 0. The Morgan fingerprint density at radius 1 is 0.955 bits per heavy atom. The summed E-state index contributed by atoms with van der Waals surface area (Å²) in [5.41, 5.74) is 1.76. The summed E-state index contributed by atoms with van der Waals surface area (Å²) < 4.78 is 0. The maximum Gasteiger partial charge on any atom is 0.328 e. The zero-order valence-corrected chi connectivity index (χ0v) is 11.4. The zero-order valence-electron chi connectivity index (χ0n) is 11.4. The van der Waals surface area contributed by atoms with Crippen LogP contribution in [0.15, 0.2) is 54.6 Å². The topological polar surface area (TPSA) is 74.7 Å². The van der Waals surface area contributed by atoms with Gasteiger partial charge in [0.15, 0.2) is 0 Å². The highest BCUT2D eigenvalue weighted by molar-refractivity contribution is 6.34. The molecule has 22 heavy (non-hydrogen) atoms. The van der Waals surface area contributed by atoms with Crippen molar-refractivity contribution in [3.05, 3.63) is 71.3 Å². The fraction of sp³-hybridized carbons (Fsp3) is 0. The molecule has 0 unspecified atom stereocenters. The van der Waals surface area contributed by atoms with Gasteiger partial charge in [0.25, 0.3) is 11.8 Å². The molecule has 5 nitrogen and oxygen atoms in total. The highest BCUT2D eigenvalue weighted by Gasteiger charge is 2.36. The number of amides is 2. The van der Waals surface area contributed by atoms with Crippen molar-refractivity contribution >= 4 is 29.5 Å². The van der Waals surface area contributed by atoms with Gasteiger partial charge in [0.1, 0.15) is 0 Å². The Bertz CT molecular complexity index is 788. The van der Waals surface area contributed by atoms with Crippen molar-refractivity contribution in [1.29, 1.82) is 0 Å². The Morgan fingerprint density at radius 3 is 2.18 bits per heavy atom. The fourth-order valence-electron chi connectivity index (χ4n) is 2.36. The van der Waals surface area contributed by atoms with Crippen LogP contribution in [0.25, 0.3) is 6.08 Å². The number of imide groups is 1. The molecule has 2 aromatic carbocycles. The number of hydrogen-bond donors (Lipinski definition) is 1. The summed E-state index contributed by atoms with van der Waals surface area (Å²) in [6.07, 6.45) is 2.41. The molecule has 0 saturated carbocycles. The lowest BCUT2D eigenvalue weighted by atomic mass is 10.1. The normalized spacial score (nSPS) is 13.7. The van der Waals surface area contributed by atoms with Crippen LogP contribution in [0.3, 0.4) is 0 Å². The number of nitrogens with zero attached hydrogens (tertiary/aromatic N) is 1. The van der Waals surface area contributed by atoms with E-state index >= 15 is 0 Å². The van der Waals surface area contributed by atoms with Gasteiger partial charge in [-0.25, -0.2) is 9.69 Å². The molecule has 0 atom stereocenters. The largest absolute Gasteiger partial charge is 0.478 e. The number of carboxylic acids is 1. The van der Waals surface area contributed by atoms with Crippen molar-refractivity contribution in [1.82, 2.24) is 0 Å². The number of fused-ring (bicyclic) bond motifs is 1. The SMILES string of the molecule is O=C(O)C=Cc1cccc(N2C(=O)c3ccccc3C2=O)c1. The molecule has 1 N–H and O–H groups in total. The van der Waals surface area contributed by atoms with Crippen LogP contribution in [0.1, 0.15) is 26.3 Å². The van der Waals surface area contributed by atoms with E-state index in [1.54, 1.807) is 48.5 Å². The minimum atomic E-state index is -1.06. The second-order valence-corrected chi connectivity index (χ2v) is 4.76. The average Bonchev–Trinajstić information content (AvgIpc) is 2.78. The average molecular weight is 293 g/mol. The monoisotopic (exact) mass is 293 g/mol. The Kier molecular flexibility index (Phi) is 3.31. The Morgan fingerprint density at radius 2 is 1.59 bits per heavy atom. The minimum absolute atomic E-state index is 0.374. The molecule has 0 bridgehead atoms. The summed E-state index contributed by atoms with van der Waals surface area (Å²) in [4.78, 5) is 36.4. The van der Waals surface area contributed by atoms with Gasteiger partial charge in [-0.2, -0.15) is 0 Å². The van der Waals surface area contributed by atoms with Crippen LogP contribution in [0, 0.1) is 0 Å². The van der Waals surface area contributed by atoms with Crippen molar-refractivity contribution in [2.75, 3.05) is 4.90 Å². The molecule has 0 saturated heterocycles. The lowest BCUT2D eigenvalue weighted by Gasteiger charge is -2.14. The Labute approximate surface area is 126 Å². The summed E-state index contributed by atoms with van der Waals surface area (Å²) in [7, 11) is 0. The maximum absolute atomic E-state index is 12.4. The smallest absolute Gasteiger partial charge is 0.328 e. The van der Waals surface area contributed by atoms with E-state index in [4.69, 9.17) is 5.11 Å². The predicted octanol–water partition coefficient (Wildman–Crippen LogP) is 2.59. The molecule has 0 aromatic heterocycles. The molecule has 0 fully saturated rings. The van der Waals surface area contributed by atoms with Gasteiger partial charge in [0.2, 0.25) is 0 Å². The highest BCUT2D eigenvalue weighted by atomic mass is 16.4. The van der Waals surface area contributed by atoms with E-state index in [1.165, 1.54) is 6.08 Å². The van der Waals surface area contributed by atoms with Crippen LogP contribution in [0.4, 0.5) is 5.69 Å². The van der Waals surface area contributed by atoms with Gasteiger partial charge >= 0.3 is 5.97 Å². The van der Waals surface area contributed by atoms with Gasteiger partial charge < -0.3 is 5.11 Å². The summed E-state index contributed by atoms with van der Waals surface area (Å²) in [5, 5.41) is 8.65. The fourth-order valence-corrected chi connectivity index (χ4v) is 2.36. The van der Waals surface area contributed by atoms with Crippen molar-refractivity contribution in [2.45, 2.75) is 0 Å². The van der Waals surface area contributed by atoms with Crippen molar-refractivity contribution in [3.8, 4) is 0 Å². The van der Waals surface area contributed by atoms with Gasteiger partial charge in [-0.1, -0.05) is 24.3 Å². The molecule has 2 amide bonds. The molecule has 0 aliphatic carbocycles. The molecule has 1 aliphatic rings. The number of aliphatic carboxylic acids is 1. The molecule has 5 heteroatoms. The first-order valence-corrected chi connectivity index (χ1v) is 6.57. The van der Waals surface area contributed by atoms with Gasteiger partial charge in [-0.05, 0) is 35.9 Å². The lowest BCUT2D eigenvalue weighted by Crippen LogP contribution is -2.29. The van der Waals surface area contributed by atoms with Gasteiger partial charge in [0.05, 0.1) is 16.8 Å². The van der Waals surface area contributed by atoms with Crippen LogP contribution in [-0.4, -0.2) is 22.9 Å². The van der Waals surface area contributed by atoms with Gasteiger partial charge in [-0.15, -0.1) is 0 Å². The van der Waals surface area contributed by atoms with Crippen LogP contribution in [-0.2, 0) is 4.79 Å². The third-order valence-corrected chi connectivity index (χ3v) is 3.34. The van der Waals surface area contributed by atoms with Gasteiger partial charge in [0, 0.05) is 6.08 Å². The summed E-state index contributed by atoms with van der Waals surface area (Å²) in [6.45, 7) is 0. The van der Waals surface area contributed by atoms with Crippen LogP contribution < -0.4 is 4.90 Å². The van der Waals surface area contributed by atoms with E-state index in [2.05, 4.69) is 0 Å². The Hall–Kier alpha value is -3.21. The van der Waals surface area contributed by atoms with E-state index in [0.717, 1.165) is 11.0 Å². The molecule has 108 valence electrons. The Balaban J connectivity index is 1.99. The number of carbonyl (C=O) groups is 3. The van der Waals surface area contributed by atoms with E-state index < -0.39 is 5.97 Å². The third-order valence-electron chi connectivity index (χ3n) is 3.34. The quantitative estimate of drug-likeness (QED) is 0.697. The van der Waals surface area contributed by atoms with Gasteiger partial charge in [-0.3, -0.25) is 9.59 Å². The van der Waals surface area contributed by atoms with Crippen molar-refractivity contribution < 1.29 is 19.5 Å². The van der Waals surface area contributed by atoms with Crippen LogP contribution in [0.5, 0.6) is 0 Å². The van der Waals surface area contributed by atoms with E-state index in [1.807, 2.05) is 0 Å². The van der Waals surface area contributed by atoms with Crippen molar-refractivity contribution in [3.63, 3.8) is 0 Å². The van der Waals surface area contributed by atoms with Crippen LogP contribution >= 0.6 is 0 Å². The molecule has 1 aliphatic heterocycles. The second-order valence-electron chi connectivity index (χ2n) is 4.76. The number of anilines is 1. The van der Waals surface area contributed by atoms with E-state index in [0.29, 0.717) is 22.4 Å². The van der Waals surface area contributed by atoms with Crippen molar-refractivity contribution in [2.24, 2.45) is 0 Å². The standard InChI is InChI=1S/C17H11NO4/c19-15(20)9-8-11-4-3-5-12(10-11)18-16(21)13-6-1-2-7-14(13)17(18)22/h1-10H,(H,19,20). The molecule has 2 aromatic rings. The second kappa shape index (κ2) is 5.29. The third kappa shape index (κ3) is 2.29. The summed E-state index contributed by atoms with van der Waals surface area (Å²) in [5.74, 6) is -1.81. The maximum atomic E-state index is 12.4. The van der Waals surface area contributed by atoms with E-state index in [-0.39, 0.29) is 11.8 Å². The summed E-state index contributed by atoms with van der Waals surface area (Å²) in [6, 6.07) is 13.2. The molecular weight excluding hydrogens is 282 g/mol. The number of hydrogen-bond acceptors (Lipinski definition) is 3. The molecular formula is C17H11NO4. The number of rotatable bonds is 3. The zero-order chi connectivity index (χ0) is 15.7. The number of benzene rings is 2.